The maximum atomic E-state index is 9.80. The third-order valence-electron chi connectivity index (χ3n) is 6.75. The minimum absolute atomic E-state index is 0.281. The number of ether oxygens (including phenoxy) is 1. The van der Waals surface area contributed by atoms with E-state index in [1.165, 1.54) is 31.3 Å². The van der Waals surface area contributed by atoms with Gasteiger partial charge in [-0.3, -0.25) is 0 Å². The van der Waals surface area contributed by atoms with Crippen LogP contribution in [0.2, 0.25) is 0 Å². The van der Waals surface area contributed by atoms with Crippen LogP contribution in [0, 0.1) is 29.6 Å². The molecule has 2 heteroatoms. The van der Waals surface area contributed by atoms with E-state index in [4.69, 9.17) is 4.74 Å². The molecule has 0 saturated heterocycles. The van der Waals surface area contributed by atoms with Crippen molar-refractivity contribution in [3.63, 3.8) is 0 Å². The Morgan fingerprint density at radius 1 is 1.12 bits per heavy atom. The smallest absolute Gasteiger partial charge is 0.123 e. The molecule has 3 unspecified atom stereocenters. The summed E-state index contributed by atoms with van der Waals surface area (Å²) >= 11 is 0. The Balaban J connectivity index is 1.83. The summed E-state index contributed by atoms with van der Waals surface area (Å²) in [5.74, 6) is 2.24. The quantitative estimate of drug-likeness (QED) is 0.702. The first kappa shape index (κ1) is 17.4. The molecule has 1 saturated carbocycles. The lowest BCUT2D eigenvalue weighted by Crippen LogP contribution is -2.50. The van der Waals surface area contributed by atoms with Gasteiger partial charge in [0.2, 0.25) is 0 Å². The Morgan fingerprint density at radius 3 is 2.58 bits per heavy atom. The Hall–Kier alpha value is -1.44. The largest absolute Gasteiger partial charge is 0.508 e. The van der Waals surface area contributed by atoms with E-state index in [0.717, 1.165) is 17.2 Å². The van der Waals surface area contributed by atoms with Crippen molar-refractivity contribution in [2.24, 2.45) is 22.7 Å². The molecule has 1 aromatic carbocycles. The van der Waals surface area contributed by atoms with Crippen molar-refractivity contribution in [3.8, 4) is 11.5 Å². The zero-order chi connectivity index (χ0) is 17.5. The van der Waals surface area contributed by atoms with Crippen LogP contribution in [0.3, 0.4) is 0 Å². The Labute approximate surface area is 146 Å². The second kappa shape index (κ2) is 6.13. The van der Waals surface area contributed by atoms with Gasteiger partial charge in [0.1, 0.15) is 11.5 Å². The van der Waals surface area contributed by atoms with Crippen molar-refractivity contribution >= 4 is 0 Å². The Morgan fingerprint density at radius 2 is 1.88 bits per heavy atom. The summed E-state index contributed by atoms with van der Waals surface area (Å²) in [6.07, 6.45) is 7.59. The highest BCUT2D eigenvalue weighted by atomic mass is 16.5. The molecule has 0 aromatic heterocycles. The van der Waals surface area contributed by atoms with Crippen LogP contribution >= 0.6 is 0 Å². The highest BCUT2D eigenvalue weighted by molar-refractivity contribution is 5.37. The predicted octanol–water partition coefficient (Wildman–Crippen LogP) is 5.88. The predicted molar refractivity (Wildman–Crippen MR) is 99.4 cm³/mol. The lowest BCUT2D eigenvalue weighted by Gasteiger charge is -2.56. The molecule has 2 aliphatic rings. The average Bonchev–Trinajstić information content (AvgIpc) is 2.44. The van der Waals surface area contributed by atoms with Crippen molar-refractivity contribution in [2.75, 3.05) is 6.61 Å². The number of aromatic hydroxyl groups is 1. The molecule has 1 fully saturated rings. The molecule has 0 amide bonds. The van der Waals surface area contributed by atoms with Crippen molar-refractivity contribution in [2.45, 2.75) is 60.3 Å². The van der Waals surface area contributed by atoms with Gasteiger partial charge in [0.15, 0.2) is 0 Å². The lowest BCUT2D eigenvalue weighted by molar-refractivity contribution is -0.0481. The number of phenolic OH excluding ortho intramolecular Hbond substituents is 1. The van der Waals surface area contributed by atoms with Crippen LogP contribution in [-0.4, -0.2) is 11.7 Å². The zero-order valence-electron chi connectivity index (χ0n) is 15.9. The highest BCUT2D eigenvalue weighted by Gasteiger charge is 2.51. The molecular weight excluding hydrogens is 296 g/mol. The van der Waals surface area contributed by atoms with Crippen LogP contribution in [0.4, 0.5) is 0 Å². The first-order valence-electron chi connectivity index (χ1n) is 9.32. The summed E-state index contributed by atoms with van der Waals surface area (Å²) in [4.78, 5) is 0. The third kappa shape index (κ3) is 3.08. The van der Waals surface area contributed by atoms with Crippen LogP contribution in [0.1, 0.15) is 58.9 Å². The molecule has 24 heavy (non-hydrogen) atoms. The summed E-state index contributed by atoms with van der Waals surface area (Å²) < 4.78 is 6.16. The molecule has 1 aromatic rings. The van der Waals surface area contributed by atoms with E-state index in [9.17, 15) is 5.11 Å². The number of rotatable bonds is 3. The molecule has 1 N–H and O–H groups in total. The molecular formula is C22H32O2. The van der Waals surface area contributed by atoms with E-state index in [-0.39, 0.29) is 5.75 Å². The van der Waals surface area contributed by atoms with E-state index in [0.29, 0.717) is 23.4 Å². The van der Waals surface area contributed by atoms with Crippen molar-refractivity contribution in [1.82, 2.24) is 0 Å². The average molecular weight is 328 g/mol. The van der Waals surface area contributed by atoms with Crippen LogP contribution in [-0.2, 0) is 0 Å². The summed E-state index contributed by atoms with van der Waals surface area (Å²) in [6.45, 7) is 12.3. The first-order chi connectivity index (χ1) is 11.2. The van der Waals surface area contributed by atoms with Gasteiger partial charge in [-0.15, -0.1) is 0 Å². The van der Waals surface area contributed by atoms with Gasteiger partial charge in [0, 0.05) is 12.0 Å². The Kier molecular flexibility index (Phi) is 4.44. The number of aryl methyl sites for hydroxylation is 1. The van der Waals surface area contributed by atoms with Crippen molar-refractivity contribution < 1.29 is 9.84 Å². The van der Waals surface area contributed by atoms with Crippen LogP contribution in [0.5, 0.6) is 11.5 Å². The first-order valence-corrected chi connectivity index (χ1v) is 9.32. The van der Waals surface area contributed by atoms with Crippen molar-refractivity contribution in [3.05, 3.63) is 35.4 Å². The molecule has 0 heterocycles. The molecule has 0 bridgehead atoms. The standard InChI is InChI=1S/C22H32O2/c1-15-11-17(23)13-18(12-15)24-14-19-16(2)7-8-20-21(3,4)9-6-10-22(19,20)5/h7,11-13,19-20,23H,6,8-10,14H2,1-5H3. The summed E-state index contributed by atoms with van der Waals surface area (Å²) in [5, 5.41) is 9.80. The third-order valence-corrected chi connectivity index (χ3v) is 6.75. The maximum Gasteiger partial charge on any atom is 0.123 e. The fraction of sp³-hybridized carbons (Fsp3) is 0.636. The van der Waals surface area contributed by atoms with Gasteiger partial charge in [-0.25, -0.2) is 0 Å². The van der Waals surface area contributed by atoms with Gasteiger partial charge in [-0.2, -0.15) is 0 Å². The zero-order valence-corrected chi connectivity index (χ0v) is 15.9. The Bertz CT molecular complexity index is 623. The summed E-state index contributed by atoms with van der Waals surface area (Å²) in [6, 6.07) is 5.49. The summed E-state index contributed by atoms with van der Waals surface area (Å²) in [5.41, 5.74) is 3.23. The van der Waals surface area contributed by atoms with E-state index in [2.05, 4.69) is 33.8 Å². The van der Waals surface area contributed by atoms with Crippen molar-refractivity contribution in [1.29, 1.82) is 0 Å². The monoisotopic (exact) mass is 328 g/mol. The van der Waals surface area contributed by atoms with Gasteiger partial charge >= 0.3 is 0 Å². The van der Waals surface area contributed by atoms with E-state index in [1.54, 1.807) is 12.1 Å². The molecule has 2 nitrogen and oxygen atoms in total. The topological polar surface area (TPSA) is 29.5 Å². The molecule has 2 aliphatic carbocycles. The number of hydrogen-bond donors (Lipinski definition) is 1. The number of hydrogen-bond acceptors (Lipinski definition) is 2. The summed E-state index contributed by atoms with van der Waals surface area (Å²) in [7, 11) is 0. The minimum Gasteiger partial charge on any atom is -0.508 e. The van der Waals surface area contributed by atoms with Gasteiger partial charge in [0.25, 0.3) is 0 Å². The maximum absolute atomic E-state index is 9.80. The van der Waals surface area contributed by atoms with Crippen LogP contribution < -0.4 is 4.74 Å². The fourth-order valence-corrected chi connectivity index (χ4v) is 5.45. The second-order valence-electron chi connectivity index (χ2n) is 8.95. The van der Waals surface area contributed by atoms with Crippen LogP contribution in [0.25, 0.3) is 0 Å². The highest BCUT2D eigenvalue weighted by Crippen LogP contribution is 2.59. The lowest BCUT2D eigenvalue weighted by atomic mass is 9.49. The van der Waals surface area contributed by atoms with Gasteiger partial charge in [-0.1, -0.05) is 38.8 Å². The number of benzene rings is 1. The fourth-order valence-electron chi connectivity index (χ4n) is 5.45. The van der Waals surface area contributed by atoms with E-state index < -0.39 is 0 Å². The van der Waals surface area contributed by atoms with Crippen LogP contribution in [0.15, 0.2) is 29.8 Å². The minimum atomic E-state index is 0.281. The molecule has 3 rings (SSSR count). The number of fused-ring (bicyclic) bond motifs is 1. The molecule has 3 atom stereocenters. The van der Waals surface area contributed by atoms with E-state index >= 15 is 0 Å². The van der Waals surface area contributed by atoms with E-state index in [1.807, 2.05) is 13.0 Å². The number of allylic oxidation sites excluding steroid dienone is 1. The molecule has 0 spiro atoms. The normalized spacial score (nSPS) is 32.0. The number of phenols is 1. The molecule has 0 aliphatic heterocycles. The van der Waals surface area contributed by atoms with Gasteiger partial charge in [0.05, 0.1) is 6.61 Å². The molecule has 132 valence electrons. The van der Waals surface area contributed by atoms with Gasteiger partial charge < -0.3 is 9.84 Å². The molecule has 0 radical (unpaired) electrons. The van der Waals surface area contributed by atoms with Gasteiger partial charge in [-0.05, 0) is 67.6 Å². The SMILES string of the molecule is CC1=CCC2C(C)(C)CCCC2(C)C1COc1cc(C)cc(O)c1. The second-order valence-corrected chi connectivity index (χ2v) is 8.95.